The van der Waals surface area contributed by atoms with E-state index in [-0.39, 0.29) is 0 Å². The minimum atomic E-state index is 0.687. The van der Waals surface area contributed by atoms with Crippen LogP contribution >= 0.6 is 0 Å². The van der Waals surface area contributed by atoms with Crippen molar-refractivity contribution in [1.29, 1.82) is 0 Å². The maximum atomic E-state index is 4.37. The van der Waals surface area contributed by atoms with Gasteiger partial charge in [0.05, 0.1) is 0 Å². The van der Waals surface area contributed by atoms with Crippen molar-refractivity contribution >= 4 is 5.82 Å². The largest absolute Gasteiger partial charge is 0.367 e. The molecule has 2 nitrogen and oxygen atoms in total. The van der Waals surface area contributed by atoms with Gasteiger partial charge in [0.2, 0.25) is 0 Å². The van der Waals surface area contributed by atoms with Crippen molar-refractivity contribution in [2.45, 2.75) is 32.2 Å². The molecule has 1 N–H and O–H groups in total. The Morgan fingerprint density at radius 1 is 1.29 bits per heavy atom. The molecule has 3 rings (SSSR count). The second-order valence-electron chi connectivity index (χ2n) is 4.74. The third-order valence-electron chi connectivity index (χ3n) is 3.59. The summed E-state index contributed by atoms with van der Waals surface area (Å²) in [5.41, 5.74) is 1.26. The molecular formula is C12H16N2. The Morgan fingerprint density at radius 3 is 2.79 bits per heavy atom. The fourth-order valence-corrected chi connectivity index (χ4v) is 2.66. The molecule has 0 saturated heterocycles. The van der Waals surface area contributed by atoms with Crippen LogP contribution in [0.4, 0.5) is 5.82 Å². The molecule has 2 aliphatic rings. The lowest BCUT2D eigenvalue weighted by Crippen LogP contribution is -2.18. The molecule has 2 saturated carbocycles. The Bertz CT molecular complexity index is 338. The van der Waals surface area contributed by atoms with Gasteiger partial charge < -0.3 is 5.32 Å². The Labute approximate surface area is 84.7 Å². The third-order valence-corrected chi connectivity index (χ3v) is 3.59. The Morgan fingerprint density at radius 2 is 2.07 bits per heavy atom. The van der Waals surface area contributed by atoms with E-state index in [2.05, 4.69) is 23.3 Å². The smallest absolute Gasteiger partial charge is 0.129 e. The van der Waals surface area contributed by atoms with Crippen molar-refractivity contribution in [3.8, 4) is 0 Å². The predicted molar refractivity (Wildman–Crippen MR) is 57.2 cm³/mol. The Hall–Kier alpha value is -1.05. The highest BCUT2D eigenvalue weighted by atomic mass is 15.0. The second-order valence-corrected chi connectivity index (χ2v) is 4.74. The summed E-state index contributed by atoms with van der Waals surface area (Å²) >= 11 is 0. The Kier molecular flexibility index (Phi) is 1.76. The van der Waals surface area contributed by atoms with E-state index in [1.54, 1.807) is 0 Å². The van der Waals surface area contributed by atoms with Crippen LogP contribution in [0.2, 0.25) is 0 Å². The van der Waals surface area contributed by atoms with E-state index < -0.39 is 0 Å². The van der Waals surface area contributed by atoms with E-state index in [4.69, 9.17) is 0 Å². The highest BCUT2D eigenvalue weighted by Gasteiger charge is 2.45. The first-order valence-electron chi connectivity index (χ1n) is 5.51. The lowest BCUT2D eigenvalue weighted by molar-refractivity contribution is 0.648. The minimum Gasteiger partial charge on any atom is -0.367 e. The minimum absolute atomic E-state index is 0.687. The molecule has 2 aliphatic carbocycles. The molecule has 2 unspecified atom stereocenters. The summed E-state index contributed by atoms with van der Waals surface area (Å²) in [4.78, 5) is 4.37. The van der Waals surface area contributed by atoms with E-state index in [9.17, 15) is 0 Å². The lowest BCUT2D eigenvalue weighted by Gasteiger charge is -2.16. The van der Waals surface area contributed by atoms with Crippen LogP contribution in [0, 0.1) is 18.8 Å². The summed E-state index contributed by atoms with van der Waals surface area (Å²) in [6, 6.07) is 4.80. The molecule has 0 amide bonds. The van der Waals surface area contributed by atoms with Crippen LogP contribution in [-0.4, -0.2) is 11.0 Å². The molecule has 1 heterocycles. The van der Waals surface area contributed by atoms with Crippen molar-refractivity contribution < 1.29 is 0 Å². The highest BCUT2D eigenvalue weighted by Crippen LogP contribution is 2.52. The van der Waals surface area contributed by atoms with Gasteiger partial charge in [-0.2, -0.15) is 0 Å². The van der Waals surface area contributed by atoms with E-state index in [0.717, 1.165) is 17.7 Å². The first-order valence-corrected chi connectivity index (χ1v) is 5.51. The zero-order valence-electron chi connectivity index (χ0n) is 8.53. The molecule has 0 radical (unpaired) electrons. The number of hydrogen-bond donors (Lipinski definition) is 1. The molecule has 1 aromatic rings. The lowest BCUT2D eigenvalue weighted by atomic mass is 10.1. The summed E-state index contributed by atoms with van der Waals surface area (Å²) < 4.78 is 0. The van der Waals surface area contributed by atoms with Crippen molar-refractivity contribution in [2.75, 3.05) is 5.32 Å². The summed E-state index contributed by atoms with van der Waals surface area (Å²) in [5, 5.41) is 3.56. The van der Waals surface area contributed by atoms with E-state index in [0.29, 0.717) is 6.04 Å². The standard InChI is InChI=1S/C12H16N2/c1-8-3-2-4-13-12(8)14-11-6-9-5-10(9)7-11/h2-4,9-11H,5-7H2,1H3,(H,13,14). The maximum absolute atomic E-state index is 4.37. The molecule has 14 heavy (non-hydrogen) atoms. The van der Waals surface area contributed by atoms with Crippen LogP contribution in [0.25, 0.3) is 0 Å². The Balaban J connectivity index is 1.69. The van der Waals surface area contributed by atoms with Gasteiger partial charge in [0, 0.05) is 12.2 Å². The molecule has 0 bridgehead atoms. The van der Waals surface area contributed by atoms with Crippen LogP contribution in [0.5, 0.6) is 0 Å². The number of aromatic nitrogens is 1. The predicted octanol–water partition coefficient (Wildman–Crippen LogP) is 2.60. The van der Waals surface area contributed by atoms with Crippen LogP contribution in [0.1, 0.15) is 24.8 Å². The monoisotopic (exact) mass is 188 g/mol. The number of pyridine rings is 1. The normalized spacial score (nSPS) is 33.9. The van der Waals surface area contributed by atoms with Gasteiger partial charge >= 0.3 is 0 Å². The van der Waals surface area contributed by atoms with Gasteiger partial charge in [-0.05, 0) is 49.7 Å². The first kappa shape index (κ1) is 8.27. The molecule has 2 atom stereocenters. The van der Waals surface area contributed by atoms with Gasteiger partial charge in [-0.1, -0.05) is 6.07 Å². The van der Waals surface area contributed by atoms with E-state index >= 15 is 0 Å². The van der Waals surface area contributed by atoms with E-state index in [1.165, 1.54) is 24.8 Å². The van der Waals surface area contributed by atoms with Gasteiger partial charge in [0.1, 0.15) is 5.82 Å². The summed E-state index contributed by atoms with van der Waals surface area (Å²) in [6.07, 6.45) is 6.08. The van der Waals surface area contributed by atoms with Gasteiger partial charge in [-0.3, -0.25) is 0 Å². The second kappa shape index (κ2) is 2.97. The molecule has 1 aromatic heterocycles. The van der Waals surface area contributed by atoms with Crippen molar-refractivity contribution in [2.24, 2.45) is 11.8 Å². The fourth-order valence-electron chi connectivity index (χ4n) is 2.66. The topological polar surface area (TPSA) is 24.9 Å². The van der Waals surface area contributed by atoms with E-state index in [1.807, 2.05) is 12.3 Å². The molecule has 74 valence electrons. The summed E-state index contributed by atoms with van der Waals surface area (Å²) in [7, 11) is 0. The van der Waals surface area contributed by atoms with Crippen LogP contribution in [-0.2, 0) is 0 Å². The van der Waals surface area contributed by atoms with Crippen LogP contribution < -0.4 is 5.32 Å². The molecule has 2 fully saturated rings. The summed E-state index contributed by atoms with van der Waals surface area (Å²) in [6.45, 7) is 2.12. The van der Waals surface area contributed by atoms with Crippen molar-refractivity contribution in [1.82, 2.24) is 4.98 Å². The maximum Gasteiger partial charge on any atom is 0.129 e. The van der Waals surface area contributed by atoms with Crippen molar-refractivity contribution in [3.63, 3.8) is 0 Å². The number of rotatable bonds is 2. The average Bonchev–Trinajstić information content (AvgIpc) is 2.79. The van der Waals surface area contributed by atoms with Gasteiger partial charge in [-0.15, -0.1) is 0 Å². The molecule has 0 spiro atoms. The SMILES string of the molecule is Cc1cccnc1NC1CC2CC2C1. The molecular weight excluding hydrogens is 172 g/mol. The van der Waals surface area contributed by atoms with Crippen LogP contribution in [0.3, 0.4) is 0 Å². The third kappa shape index (κ3) is 1.39. The number of nitrogens with one attached hydrogen (secondary N) is 1. The average molecular weight is 188 g/mol. The van der Waals surface area contributed by atoms with Gasteiger partial charge in [0.25, 0.3) is 0 Å². The van der Waals surface area contributed by atoms with Crippen molar-refractivity contribution in [3.05, 3.63) is 23.9 Å². The van der Waals surface area contributed by atoms with Gasteiger partial charge in [0.15, 0.2) is 0 Å². The number of hydrogen-bond acceptors (Lipinski definition) is 2. The zero-order valence-corrected chi connectivity index (χ0v) is 8.53. The van der Waals surface area contributed by atoms with Crippen LogP contribution in [0.15, 0.2) is 18.3 Å². The van der Waals surface area contributed by atoms with Gasteiger partial charge in [-0.25, -0.2) is 4.98 Å². The number of aryl methyl sites for hydroxylation is 1. The number of nitrogens with zero attached hydrogens (tertiary/aromatic N) is 1. The summed E-state index contributed by atoms with van der Waals surface area (Å²) in [5.74, 6) is 3.16. The highest BCUT2D eigenvalue weighted by molar-refractivity contribution is 5.43. The molecule has 2 heteroatoms. The first-order chi connectivity index (χ1) is 6.83. The molecule has 0 aromatic carbocycles. The molecule has 0 aliphatic heterocycles. The number of fused-ring (bicyclic) bond motifs is 1. The fraction of sp³-hybridized carbons (Fsp3) is 0.583. The number of anilines is 1. The zero-order chi connectivity index (χ0) is 9.54. The quantitative estimate of drug-likeness (QED) is 0.771.